The van der Waals surface area contributed by atoms with Crippen LogP contribution < -0.4 is 9.47 Å². The van der Waals surface area contributed by atoms with Crippen LogP contribution in [-0.2, 0) is 25.6 Å². The third-order valence-electron chi connectivity index (χ3n) is 13.7. The molecular formula is C56H65FN2O9. The Hall–Kier alpha value is -5.79. The van der Waals surface area contributed by atoms with Crippen molar-refractivity contribution in [2.75, 3.05) is 33.0 Å². The molecular weight excluding hydrogens is 864 g/mol. The number of fused-ring (bicyclic) bond motifs is 2. The van der Waals surface area contributed by atoms with Crippen molar-refractivity contribution in [2.45, 2.75) is 101 Å². The highest BCUT2D eigenvalue weighted by Gasteiger charge is 2.65. The fourth-order valence-electron chi connectivity index (χ4n) is 10.5. The summed E-state index contributed by atoms with van der Waals surface area (Å²) in [6.45, 7) is 8.83. The number of oxime groups is 1. The summed E-state index contributed by atoms with van der Waals surface area (Å²) in [6, 6.07) is 29.3. The fraction of sp³-hybridized carbons (Fsp3) is 0.429. The number of carbonyl (C=O) groups is 1. The van der Waals surface area contributed by atoms with E-state index in [-0.39, 0.29) is 57.1 Å². The molecule has 1 saturated heterocycles. The normalized spacial score (nSPS) is 24.4. The summed E-state index contributed by atoms with van der Waals surface area (Å²) in [4.78, 5) is 22.7. The lowest BCUT2D eigenvalue weighted by atomic mass is 9.55. The summed E-state index contributed by atoms with van der Waals surface area (Å²) in [5.41, 5.74) is 5.33. The van der Waals surface area contributed by atoms with E-state index in [1.807, 2.05) is 54.6 Å². The number of hydrogen-bond acceptors (Lipinski definition) is 10. The Kier molecular flexibility index (Phi) is 16.8. The van der Waals surface area contributed by atoms with Crippen LogP contribution in [0.5, 0.6) is 17.2 Å². The van der Waals surface area contributed by atoms with Crippen LogP contribution in [-0.4, -0.2) is 78.1 Å². The number of rotatable bonds is 22. The van der Waals surface area contributed by atoms with E-state index in [0.29, 0.717) is 60.8 Å². The van der Waals surface area contributed by atoms with Gasteiger partial charge in [-0.1, -0.05) is 90.8 Å². The van der Waals surface area contributed by atoms with Gasteiger partial charge in [-0.2, -0.15) is 0 Å². The highest BCUT2D eigenvalue weighted by Crippen LogP contribution is 2.62. The number of nitrogens with zero attached hydrogens (tertiary/aromatic N) is 2. The molecule has 68 heavy (non-hydrogen) atoms. The molecule has 0 radical (unpaired) electrons. The second-order valence-corrected chi connectivity index (χ2v) is 18.1. The first kappa shape index (κ1) is 48.7. The van der Waals surface area contributed by atoms with E-state index in [2.05, 4.69) is 37.4 Å². The molecule has 4 aromatic carbocycles. The number of aliphatic hydroxyl groups is 2. The lowest BCUT2D eigenvalue weighted by Gasteiger charge is -2.59. The molecule has 8 rings (SSSR count). The number of halogens is 1. The molecule has 360 valence electrons. The van der Waals surface area contributed by atoms with Crippen LogP contribution in [0.1, 0.15) is 87.7 Å². The maximum atomic E-state index is 14.7. The molecule has 2 heterocycles. The molecule has 0 aromatic heterocycles. The van der Waals surface area contributed by atoms with E-state index in [4.69, 9.17) is 33.7 Å². The molecule has 0 bridgehead atoms. The predicted octanol–water partition coefficient (Wildman–Crippen LogP) is 11.7. The van der Waals surface area contributed by atoms with E-state index < -0.39 is 35.9 Å². The van der Waals surface area contributed by atoms with Crippen LogP contribution in [0.25, 0.3) is 11.1 Å². The molecule has 11 nitrogen and oxygen atoms in total. The Balaban J connectivity index is 1.30. The molecule has 1 amide bonds. The number of hydrogen-bond donors (Lipinski definition) is 2. The third-order valence-corrected chi connectivity index (χ3v) is 13.7. The minimum absolute atomic E-state index is 0.00329. The highest BCUT2D eigenvalue weighted by molar-refractivity contribution is 6.03. The van der Waals surface area contributed by atoms with Gasteiger partial charge >= 0.3 is 6.09 Å². The van der Waals surface area contributed by atoms with Crippen LogP contribution in [0, 0.1) is 23.6 Å². The summed E-state index contributed by atoms with van der Waals surface area (Å²) >= 11 is 0. The second kappa shape index (κ2) is 23.5. The van der Waals surface area contributed by atoms with Gasteiger partial charge in [-0.15, -0.1) is 13.2 Å². The minimum atomic E-state index is -1.53. The molecule has 2 fully saturated rings. The van der Waals surface area contributed by atoms with Crippen LogP contribution in [0.3, 0.4) is 0 Å². The standard InChI is InChI=1S/C56H65FN2O9/c1-3-5-33-64-55(62)59(38-39-20-24-43(57)25-21-39)51-37-49(58-68-52-19-11-14-34-63-52)47-35-42(17-9-12-30-60)46(18-10-13-31-61)53-48-36-45(28-29-50(48)67-56(51,54(47)53)65-32-4-2)66-44-26-22-41(23-27-44)40-15-7-6-8-16-40/h3-4,6-8,15-16,20-29,35-36,42,46,51-54,60-61H,1-2,5,9-14,17-19,30-34,37-38H2/t42-,46+,51-,52?,53+,54+,56+/m0/s1. The molecule has 2 N–H and O–H groups in total. The lowest BCUT2D eigenvalue weighted by molar-refractivity contribution is -0.256. The SMILES string of the molecule is C=CCCOC(=O)N(Cc1ccc(F)cc1)[C@H]1CC(=NOC2CCCCO2)C2=C[C@H](CCCCO)[C@@H](CCCCO)[C@@H]3c4cc(Oc5ccc(-c6ccccc6)cc5)ccc4O[C@@]1(OCC=C)[C@H]23. The fourth-order valence-corrected chi connectivity index (χ4v) is 10.5. The number of amides is 1. The van der Waals surface area contributed by atoms with Crippen molar-refractivity contribution in [3.8, 4) is 28.4 Å². The van der Waals surface area contributed by atoms with Crippen molar-refractivity contribution in [2.24, 2.45) is 22.9 Å². The van der Waals surface area contributed by atoms with Crippen molar-refractivity contribution in [1.29, 1.82) is 0 Å². The van der Waals surface area contributed by atoms with Crippen LogP contribution in [0.15, 0.2) is 139 Å². The van der Waals surface area contributed by atoms with E-state index in [0.717, 1.165) is 60.8 Å². The minimum Gasteiger partial charge on any atom is -0.459 e. The zero-order chi connectivity index (χ0) is 47.3. The van der Waals surface area contributed by atoms with E-state index in [1.54, 1.807) is 29.2 Å². The van der Waals surface area contributed by atoms with E-state index in [1.165, 1.54) is 12.1 Å². The second-order valence-electron chi connectivity index (χ2n) is 18.1. The summed E-state index contributed by atoms with van der Waals surface area (Å²) < 4.78 is 47.6. The maximum absolute atomic E-state index is 14.7. The summed E-state index contributed by atoms with van der Waals surface area (Å²) in [5.74, 6) is -0.852. The van der Waals surface area contributed by atoms with Gasteiger partial charge in [-0.3, -0.25) is 4.90 Å². The molecule has 4 aliphatic rings. The number of ether oxygens (including phenoxy) is 5. The number of carbonyl (C=O) groups excluding carboxylic acids is 1. The monoisotopic (exact) mass is 928 g/mol. The predicted molar refractivity (Wildman–Crippen MR) is 260 cm³/mol. The summed E-state index contributed by atoms with van der Waals surface area (Å²) in [6.07, 6.45) is 12.1. The van der Waals surface area contributed by atoms with Gasteiger partial charge in [0.15, 0.2) is 0 Å². The zero-order valence-electron chi connectivity index (χ0n) is 38.9. The number of allylic oxidation sites excluding steroid dienone is 1. The first-order valence-corrected chi connectivity index (χ1v) is 24.3. The van der Waals surface area contributed by atoms with Gasteiger partial charge in [0.1, 0.15) is 29.1 Å². The van der Waals surface area contributed by atoms with Gasteiger partial charge in [0, 0.05) is 44.1 Å². The van der Waals surface area contributed by atoms with Gasteiger partial charge in [0.05, 0.1) is 31.5 Å². The van der Waals surface area contributed by atoms with Crippen LogP contribution in [0.2, 0.25) is 0 Å². The maximum Gasteiger partial charge on any atom is 0.410 e. The quantitative estimate of drug-likeness (QED) is 0.0450. The Labute approximate surface area is 399 Å². The Bertz CT molecular complexity index is 2350. The summed E-state index contributed by atoms with van der Waals surface area (Å²) in [7, 11) is 0. The van der Waals surface area contributed by atoms with Gasteiger partial charge in [0.2, 0.25) is 12.1 Å². The number of aliphatic hydroxyl groups excluding tert-OH is 2. The van der Waals surface area contributed by atoms with E-state index >= 15 is 0 Å². The average molecular weight is 929 g/mol. The smallest absolute Gasteiger partial charge is 0.410 e. The van der Waals surface area contributed by atoms with Crippen molar-refractivity contribution in [3.05, 3.63) is 151 Å². The zero-order valence-corrected chi connectivity index (χ0v) is 38.9. The van der Waals surface area contributed by atoms with Gasteiger partial charge in [0.25, 0.3) is 0 Å². The highest BCUT2D eigenvalue weighted by atomic mass is 19.1. The molecule has 1 unspecified atom stereocenters. The van der Waals surface area contributed by atoms with Crippen molar-refractivity contribution in [3.63, 3.8) is 0 Å². The molecule has 0 spiro atoms. The van der Waals surface area contributed by atoms with Crippen LogP contribution in [0.4, 0.5) is 9.18 Å². The van der Waals surface area contributed by atoms with Gasteiger partial charge in [-0.25, -0.2) is 9.18 Å². The number of unbranched alkanes of at least 4 members (excludes halogenated alkanes) is 2. The van der Waals surface area contributed by atoms with Crippen molar-refractivity contribution < 1.29 is 47.9 Å². The first-order chi connectivity index (χ1) is 33.3. The van der Waals surface area contributed by atoms with Gasteiger partial charge < -0.3 is 38.7 Å². The largest absolute Gasteiger partial charge is 0.459 e. The summed E-state index contributed by atoms with van der Waals surface area (Å²) in [5, 5.41) is 25.0. The Morgan fingerprint density at radius 3 is 2.35 bits per heavy atom. The van der Waals surface area contributed by atoms with Crippen molar-refractivity contribution >= 4 is 11.8 Å². The Morgan fingerprint density at radius 1 is 0.882 bits per heavy atom. The molecule has 7 atom stereocenters. The number of benzene rings is 4. The van der Waals surface area contributed by atoms with Gasteiger partial charge in [-0.05, 0) is 122 Å². The molecule has 2 aliphatic carbocycles. The topological polar surface area (TPSA) is 129 Å². The van der Waals surface area contributed by atoms with Crippen LogP contribution >= 0.6 is 0 Å². The molecule has 1 saturated carbocycles. The third kappa shape index (κ3) is 11.2. The van der Waals surface area contributed by atoms with E-state index in [9.17, 15) is 19.4 Å². The molecule has 12 heteroatoms. The Morgan fingerprint density at radius 2 is 1.63 bits per heavy atom. The molecule has 2 aliphatic heterocycles. The first-order valence-electron chi connectivity index (χ1n) is 24.3. The molecule has 4 aromatic rings. The lowest BCUT2D eigenvalue weighted by Crippen LogP contribution is -2.70. The van der Waals surface area contributed by atoms with Crippen molar-refractivity contribution in [1.82, 2.24) is 4.90 Å². The average Bonchev–Trinajstić information content (AvgIpc) is 3.37.